The quantitative estimate of drug-likeness (QED) is 0.863. The molecular formula is C14H20ClNO2. The lowest BCUT2D eigenvalue weighted by molar-refractivity contribution is 0.369. The van der Waals surface area contributed by atoms with Gasteiger partial charge in [-0.2, -0.15) is 0 Å². The number of rotatable bonds is 5. The third-order valence-electron chi connectivity index (χ3n) is 3.76. The van der Waals surface area contributed by atoms with E-state index in [9.17, 15) is 5.11 Å². The predicted molar refractivity (Wildman–Crippen MR) is 73.3 cm³/mol. The molecule has 0 heterocycles. The number of methoxy groups -OCH3 is 1. The number of nitrogens with one attached hydrogen (secondary N) is 1. The summed E-state index contributed by atoms with van der Waals surface area (Å²) in [5.41, 5.74) is 1.25. The van der Waals surface area contributed by atoms with Crippen LogP contribution < -0.4 is 10.1 Å². The average Bonchev–Trinajstić information content (AvgIpc) is 2.91. The van der Waals surface area contributed by atoms with E-state index in [1.165, 1.54) is 13.5 Å². The van der Waals surface area contributed by atoms with Crippen molar-refractivity contribution in [3.63, 3.8) is 0 Å². The SMILES string of the molecule is COc1cc(Cl)cc(CNCC2CC2(C)C)c1O. The molecule has 1 saturated carbocycles. The summed E-state index contributed by atoms with van der Waals surface area (Å²) in [5, 5.41) is 13.9. The highest BCUT2D eigenvalue weighted by Gasteiger charge is 2.44. The van der Waals surface area contributed by atoms with Crippen LogP contribution in [0.5, 0.6) is 11.5 Å². The molecule has 0 spiro atoms. The molecule has 0 amide bonds. The molecule has 1 aliphatic rings. The standard InChI is InChI=1S/C14H20ClNO2/c1-14(2)6-10(14)8-16-7-9-4-11(15)5-12(18-3)13(9)17/h4-5,10,16-17H,6-8H2,1-3H3. The first-order valence-corrected chi connectivity index (χ1v) is 6.58. The second-order valence-electron chi connectivity index (χ2n) is 5.64. The lowest BCUT2D eigenvalue weighted by Crippen LogP contribution is -2.18. The topological polar surface area (TPSA) is 41.5 Å². The minimum Gasteiger partial charge on any atom is -0.504 e. The molecule has 0 radical (unpaired) electrons. The van der Waals surface area contributed by atoms with Crippen LogP contribution in [0.3, 0.4) is 0 Å². The van der Waals surface area contributed by atoms with Gasteiger partial charge in [-0.25, -0.2) is 0 Å². The zero-order chi connectivity index (χ0) is 13.3. The summed E-state index contributed by atoms with van der Waals surface area (Å²) < 4.78 is 5.08. The Kier molecular flexibility index (Phi) is 3.74. The zero-order valence-electron chi connectivity index (χ0n) is 11.1. The molecule has 1 unspecified atom stereocenters. The molecule has 1 aliphatic carbocycles. The van der Waals surface area contributed by atoms with E-state index < -0.39 is 0 Å². The lowest BCUT2D eigenvalue weighted by atomic mass is 10.1. The van der Waals surface area contributed by atoms with Crippen LogP contribution in [0.4, 0.5) is 0 Å². The second-order valence-corrected chi connectivity index (χ2v) is 6.07. The number of hydrogen-bond donors (Lipinski definition) is 2. The fraction of sp³-hybridized carbons (Fsp3) is 0.571. The molecule has 100 valence electrons. The van der Waals surface area contributed by atoms with Gasteiger partial charge in [-0.15, -0.1) is 0 Å². The first-order valence-electron chi connectivity index (χ1n) is 6.20. The Hall–Kier alpha value is -0.930. The van der Waals surface area contributed by atoms with Crippen LogP contribution in [0.2, 0.25) is 5.02 Å². The minimum absolute atomic E-state index is 0.171. The van der Waals surface area contributed by atoms with Crippen LogP contribution in [0.1, 0.15) is 25.8 Å². The number of phenolic OH excluding ortho intramolecular Hbond substituents is 1. The van der Waals surface area contributed by atoms with Gasteiger partial charge in [-0.05, 0) is 30.4 Å². The van der Waals surface area contributed by atoms with E-state index in [-0.39, 0.29) is 5.75 Å². The first kappa shape index (κ1) is 13.5. The van der Waals surface area contributed by atoms with Gasteiger partial charge in [-0.3, -0.25) is 0 Å². The number of halogens is 1. The second kappa shape index (κ2) is 4.98. The molecule has 18 heavy (non-hydrogen) atoms. The molecular weight excluding hydrogens is 250 g/mol. The van der Waals surface area contributed by atoms with Gasteiger partial charge in [0, 0.05) is 23.2 Å². The van der Waals surface area contributed by atoms with E-state index >= 15 is 0 Å². The van der Waals surface area contributed by atoms with Gasteiger partial charge in [0.05, 0.1) is 7.11 Å². The van der Waals surface area contributed by atoms with Crippen molar-refractivity contribution in [1.82, 2.24) is 5.32 Å². The van der Waals surface area contributed by atoms with E-state index in [1.807, 2.05) is 0 Å². The number of hydrogen-bond acceptors (Lipinski definition) is 3. The molecule has 1 fully saturated rings. The Morgan fingerprint density at radius 2 is 2.17 bits per heavy atom. The van der Waals surface area contributed by atoms with Gasteiger partial charge in [0.25, 0.3) is 0 Å². The highest BCUT2D eigenvalue weighted by Crippen LogP contribution is 2.51. The van der Waals surface area contributed by atoms with Gasteiger partial charge in [-0.1, -0.05) is 25.4 Å². The molecule has 0 bridgehead atoms. The number of phenols is 1. The smallest absolute Gasteiger partial charge is 0.162 e. The van der Waals surface area contributed by atoms with Crippen LogP contribution in [-0.2, 0) is 6.54 Å². The van der Waals surface area contributed by atoms with Crippen molar-refractivity contribution in [1.29, 1.82) is 0 Å². The van der Waals surface area contributed by atoms with Gasteiger partial charge >= 0.3 is 0 Å². The normalized spacial score (nSPS) is 20.8. The van der Waals surface area contributed by atoms with Crippen molar-refractivity contribution >= 4 is 11.6 Å². The van der Waals surface area contributed by atoms with E-state index in [0.717, 1.165) is 18.0 Å². The van der Waals surface area contributed by atoms with Gasteiger partial charge in [0.1, 0.15) is 0 Å². The van der Waals surface area contributed by atoms with Gasteiger partial charge in [0.15, 0.2) is 11.5 Å². The number of aromatic hydroxyl groups is 1. The summed E-state index contributed by atoms with van der Waals surface area (Å²) in [6.45, 7) is 6.13. The minimum atomic E-state index is 0.171. The van der Waals surface area contributed by atoms with Crippen LogP contribution in [0.25, 0.3) is 0 Å². The number of benzene rings is 1. The Morgan fingerprint density at radius 1 is 1.50 bits per heavy atom. The summed E-state index contributed by atoms with van der Waals surface area (Å²) >= 11 is 5.98. The maximum atomic E-state index is 9.97. The maximum absolute atomic E-state index is 9.97. The molecule has 0 aliphatic heterocycles. The zero-order valence-corrected chi connectivity index (χ0v) is 11.8. The van der Waals surface area contributed by atoms with Crippen LogP contribution in [0.15, 0.2) is 12.1 Å². The van der Waals surface area contributed by atoms with E-state index in [4.69, 9.17) is 16.3 Å². The average molecular weight is 270 g/mol. The third kappa shape index (κ3) is 2.90. The molecule has 0 saturated heterocycles. The van der Waals surface area contributed by atoms with Gasteiger partial charge < -0.3 is 15.2 Å². The highest BCUT2D eigenvalue weighted by atomic mass is 35.5. The molecule has 2 N–H and O–H groups in total. The van der Waals surface area contributed by atoms with Gasteiger partial charge in [0.2, 0.25) is 0 Å². The lowest BCUT2D eigenvalue weighted by Gasteiger charge is -2.11. The summed E-state index contributed by atoms with van der Waals surface area (Å²) in [7, 11) is 1.52. The van der Waals surface area contributed by atoms with Crippen molar-refractivity contribution < 1.29 is 9.84 Å². The van der Waals surface area contributed by atoms with Crippen molar-refractivity contribution in [2.24, 2.45) is 11.3 Å². The molecule has 1 aromatic rings. The number of ether oxygens (including phenoxy) is 1. The Morgan fingerprint density at radius 3 is 2.72 bits per heavy atom. The Balaban J connectivity index is 1.95. The van der Waals surface area contributed by atoms with Crippen LogP contribution >= 0.6 is 11.6 Å². The molecule has 3 nitrogen and oxygen atoms in total. The molecule has 1 atom stereocenters. The monoisotopic (exact) mass is 269 g/mol. The van der Waals surface area contributed by atoms with Crippen molar-refractivity contribution in [2.75, 3.05) is 13.7 Å². The molecule has 0 aromatic heterocycles. The first-order chi connectivity index (χ1) is 8.44. The summed E-state index contributed by atoms with van der Waals surface area (Å²) in [6.07, 6.45) is 1.27. The molecule has 4 heteroatoms. The van der Waals surface area contributed by atoms with E-state index in [1.54, 1.807) is 12.1 Å². The molecule has 2 rings (SSSR count). The third-order valence-corrected chi connectivity index (χ3v) is 3.98. The van der Waals surface area contributed by atoms with Crippen LogP contribution in [-0.4, -0.2) is 18.8 Å². The largest absolute Gasteiger partial charge is 0.504 e. The highest BCUT2D eigenvalue weighted by molar-refractivity contribution is 6.30. The summed E-state index contributed by atoms with van der Waals surface area (Å²) in [4.78, 5) is 0. The van der Waals surface area contributed by atoms with E-state index in [2.05, 4.69) is 19.2 Å². The Bertz CT molecular complexity index is 446. The Labute approximate surface area is 113 Å². The molecule has 1 aromatic carbocycles. The van der Waals surface area contributed by atoms with Crippen LogP contribution in [0, 0.1) is 11.3 Å². The summed E-state index contributed by atoms with van der Waals surface area (Å²) in [6, 6.07) is 3.38. The van der Waals surface area contributed by atoms with E-state index in [0.29, 0.717) is 22.7 Å². The summed E-state index contributed by atoms with van der Waals surface area (Å²) in [5.74, 6) is 1.33. The predicted octanol–water partition coefficient (Wildman–Crippen LogP) is 3.19. The van der Waals surface area contributed by atoms with Crippen molar-refractivity contribution in [3.8, 4) is 11.5 Å². The van der Waals surface area contributed by atoms with Crippen molar-refractivity contribution in [3.05, 3.63) is 22.7 Å². The van der Waals surface area contributed by atoms with Crippen molar-refractivity contribution in [2.45, 2.75) is 26.8 Å². The fourth-order valence-electron chi connectivity index (χ4n) is 2.22. The maximum Gasteiger partial charge on any atom is 0.162 e. The fourth-order valence-corrected chi connectivity index (χ4v) is 2.46.